The van der Waals surface area contributed by atoms with Crippen molar-refractivity contribution in [1.82, 2.24) is 5.32 Å². The van der Waals surface area contributed by atoms with Gasteiger partial charge in [0.2, 0.25) is 5.91 Å². The van der Waals surface area contributed by atoms with Crippen molar-refractivity contribution in [3.8, 4) is 5.75 Å². The normalized spacial score (nSPS) is 10.2. The van der Waals surface area contributed by atoms with Crippen molar-refractivity contribution in [3.63, 3.8) is 0 Å². The zero-order valence-electron chi connectivity index (χ0n) is 9.83. The van der Waals surface area contributed by atoms with Crippen molar-refractivity contribution < 1.29 is 9.53 Å². The van der Waals surface area contributed by atoms with Crippen LogP contribution < -0.4 is 15.8 Å². The highest BCUT2D eigenvalue weighted by Gasteiger charge is 2.06. The van der Waals surface area contributed by atoms with Crippen LogP contribution in [0.15, 0.2) is 18.2 Å². The van der Waals surface area contributed by atoms with Gasteiger partial charge in [-0.15, -0.1) is 0 Å². The maximum absolute atomic E-state index is 10.9. The first-order valence-electron chi connectivity index (χ1n) is 5.58. The maximum atomic E-state index is 10.9. The largest absolute Gasteiger partial charge is 0.491 e. The molecule has 0 aromatic heterocycles. The van der Waals surface area contributed by atoms with Crippen LogP contribution in [0.1, 0.15) is 23.7 Å². The highest BCUT2D eigenvalue weighted by Crippen LogP contribution is 2.25. The molecule has 0 atom stereocenters. The molecule has 0 aliphatic rings. The third-order valence-corrected chi connectivity index (χ3v) is 2.47. The van der Waals surface area contributed by atoms with E-state index in [9.17, 15) is 4.79 Å². The average Bonchev–Trinajstić information content (AvgIpc) is 2.30. The zero-order valence-corrected chi connectivity index (χ0v) is 10.6. The zero-order chi connectivity index (χ0) is 12.7. The van der Waals surface area contributed by atoms with E-state index < -0.39 is 5.91 Å². The molecule has 0 unspecified atom stereocenters. The predicted octanol–water partition coefficient (Wildman–Crippen LogP) is 1.82. The molecule has 5 heteroatoms. The van der Waals surface area contributed by atoms with E-state index >= 15 is 0 Å². The van der Waals surface area contributed by atoms with E-state index in [1.165, 1.54) is 6.07 Å². The molecule has 0 saturated carbocycles. The van der Waals surface area contributed by atoms with Crippen LogP contribution in [0.5, 0.6) is 5.75 Å². The first-order chi connectivity index (χ1) is 8.15. The van der Waals surface area contributed by atoms with Crippen LogP contribution in [0.2, 0.25) is 5.02 Å². The summed E-state index contributed by atoms with van der Waals surface area (Å²) in [6, 6.07) is 4.77. The highest BCUT2D eigenvalue weighted by atomic mass is 35.5. The number of amides is 1. The van der Waals surface area contributed by atoms with Crippen molar-refractivity contribution in [3.05, 3.63) is 28.8 Å². The molecule has 1 aromatic rings. The third-order valence-electron chi connectivity index (χ3n) is 2.18. The number of hydrogen-bond acceptors (Lipinski definition) is 3. The summed E-state index contributed by atoms with van der Waals surface area (Å²) in [6.45, 7) is 4.38. The van der Waals surface area contributed by atoms with Crippen LogP contribution >= 0.6 is 11.6 Å². The Kier molecular flexibility index (Phi) is 5.80. The molecular weight excluding hydrogens is 240 g/mol. The van der Waals surface area contributed by atoms with Crippen molar-refractivity contribution >= 4 is 17.5 Å². The smallest absolute Gasteiger partial charge is 0.248 e. The van der Waals surface area contributed by atoms with E-state index in [4.69, 9.17) is 22.1 Å². The Hall–Kier alpha value is -1.26. The van der Waals surface area contributed by atoms with Gasteiger partial charge in [0, 0.05) is 12.1 Å². The monoisotopic (exact) mass is 256 g/mol. The lowest BCUT2D eigenvalue weighted by atomic mass is 10.2. The van der Waals surface area contributed by atoms with Gasteiger partial charge in [-0.05, 0) is 31.2 Å². The Morgan fingerprint density at radius 2 is 2.24 bits per heavy atom. The molecule has 94 valence electrons. The van der Waals surface area contributed by atoms with E-state index in [2.05, 4.69) is 12.2 Å². The van der Waals surface area contributed by atoms with E-state index in [-0.39, 0.29) is 0 Å². The Morgan fingerprint density at radius 1 is 1.47 bits per heavy atom. The molecule has 1 rings (SSSR count). The van der Waals surface area contributed by atoms with Gasteiger partial charge in [-0.1, -0.05) is 18.5 Å². The van der Waals surface area contributed by atoms with E-state index in [1.807, 2.05) is 0 Å². The number of primary amides is 1. The number of nitrogens with one attached hydrogen (secondary N) is 1. The number of hydrogen-bond donors (Lipinski definition) is 2. The number of carbonyl (C=O) groups is 1. The average molecular weight is 257 g/mol. The third kappa shape index (κ3) is 4.63. The van der Waals surface area contributed by atoms with Gasteiger partial charge < -0.3 is 15.8 Å². The Labute approximate surface area is 106 Å². The first kappa shape index (κ1) is 13.8. The molecule has 0 radical (unpaired) electrons. The molecule has 1 aromatic carbocycles. The van der Waals surface area contributed by atoms with Crippen LogP contribution in [-0.4, -0.2) is 25.6 Å². The summed E-state index contributed by atoms with van der Waals surface area (Å²) < 4.78 is 5.47. The van der Waals surface area contributed by atoms with Gasteiger partial charge in [0.1, 0.15) is 12.4 Å². The molecular formula is C12H17ClN2O2. The topological polar surface area (TPSA) is 64.3 Å². The summed E-state index contributed by atoms with van der Waals surface area (Å²) in [5.41, 5.74) is 5.52. The second kappa shape index (κ2) is 7.14. The number of nitrogens with two attached hydrogens (primary N) is 1. The highest BCUT2D eigenvalue weighted by molar-refractivity contribution is 6.32. The molecule has 3 N–H and O–H groups in total. The Balaban J connectivity index is 2.46. The lowest BCUT2D eigenvalue weighted by Gasteiger charge is -2.09. The fraction of sp³-hybridized carbons (Fsp3) is 0.417. The second-order valence-corrected chi connectivity index (χ2v) is 4.02. The van der Waals surface area contributed by atoms with Gasteiger partial charge in [0.25, 0.3) is 0 Å². The number of rotatable bonds is 7. The minimum absolute atomic E-state index is 0.381. The molecule has 0 spiro atoms. The summed E-state index contributed by atoms with van der Waals surface area (Å²) in [5, 5.41) is 3.61. The predicted molar refractivity (Wildman–Crippen MR) is 68.6 cm³/mol. The van der Waals surface area contributed by atoms with Crippen LogP contribution in [-0.2, 0) is 0 Å². The molecule has 0 bridgehead atoms. The van der Waals surface area contributed by atoms with Gasteiger partial charge in [-0.3, -0.25) is 4.79 Å². The van der Waals surface area contributed by atoms with Crippen LogP contribution in [0.25, 0.3) is 0 Å². The molecule has 4 nitrogen and oxygen atoms in total. The van der Waals surface area contributed by atoms with Crippen molar-refractivity contribution in [2.75, 3.05) is 19.7 Å². The number of halogens is 1. The number of benzene rings is 1. The van der Waals surface area contributed by atoms with Crippen molar-refractivity contribution in [2.45, 2.75) is 13.3 Å². The second-order valence-electron chi connectivity index (χ2n) is 3.61. The van der Waals surface area contributed by atoms with Crippen LogP contribution in [0, 0.1) is 0 Å². The quantitative estimate of drug-likeness (QED) is 0.732. The summed E-state index contributed by atoms with van der Waals surface area (Å²) in [5.74, 6) is 0.0676. The molecule has 0 aliphatic heterocycles. The SMILES string of the molecule is CCCNCCOc1ccc(C(N)=O)cc1Cl. The molecule has 0 heterocycles. The lowest BCUT2D eigenvalue weighted by molar-refractivity contribution is 0.100. The molecule has 1 amide bonds. The van der Waals surface area contributed by atoms with E-state index in [0.717, 1.165) is 19.5 Å². The van der Waals surface area contributed by atoms with Gasteiger partial charge in [0.15, 0.2) is 0 Å². The van der Waals surface area contributed by atoms with Gasteiger partial charge in [0.05, 0.1) is 5.02 Å². The van der Waals surface area contributed by atoms with Gasteiger partial charge in [-0.2, -0.15) is 0 Å². The summed E-state index contributed by atoms with van der Waals surface area (Å²) >= 11 is 5.96. The van der Waals surface area contributed by atoms with Crippen molar-refractivity contribution in [2.24, 2.45) is 5.73 Å². The van der Waals surface area contributed by atoms with Gasteiger partial charge in [-0.25, -0.2) is 0 Å². The Bertz CT molecular complexity index is 383. The molecule has 0 fully saturated rings. The van der Waals surface area contributed by atoms with Crippen LogP contribution in [0.4, 0.5) is 0 Å². The van der Waals surface area contributed by atoms with E-state index in [1.54, 1.807) is 12.1 Å². The minimum Gasteiger partial charge on any atom is -0.491 e. The fourth-order valence-electron chi connectivity index (χ4n) is 1.31. The van der Waals surface area contributed by atoms with Crippen LogP contribution in [0.3, 0.4) is 0 Å². The van der Waals surface area contributed by atoms with E-state index in [0.29, 0.717) is 22.9 Å². The lowest BCUT2D eigenvalue weighted by Crippen LogP contribution is -2.21. The maximum Gasteiger partial charge on any atom is 0.248 e. The van der Waals surface area contributed by atoms with Crippen molar-refractivity contribution in [1.29, 1.82) is 0 Å². The Morgan fingerprint density at radius 3 is 2.82 bits per heavy atom. The summed E-state index contributed by atoms with van der Waals surface area (Å²) in [4.78, 5) is 10.9. The molecule has 0 saturated heterocycles. The fourth-order valence-corrected chi connectivity index (χ4v) is 1.54. The standard InChI is InChI=1S/C12H17ClN2O2/c1-2-5-15-6-7-17-11-4-3-9(12(14)16)8-10(11)13/h3-4,8,15H,2,5-7H2,1H3,(H2,14,16). The summed E-state index contributed by atoms with van der Waals surface area (Å²) in [7, 11) is 0. The molecule has 0 aliphatic carbocycles. The summed E-state index contributed by atoms with van der Waals surface area (Å²) in [6.07, 6.45) is 1.09. The molecule has 17 heavy (non-hydrogen) atoms. The minimum atomic E-state index is -0.497. The number of carbonyl (C=O) groups excluding carboxylic acids is 1. The number of ether oxygens (including phenoxy) is 1. The first-order valence-corrected chi connectivity index (χ1v) is 5.95. The van der Waals surface area contributed by atoms with Gasteiger partial charge >= 0.3 is 0 Å².